The number of rotatable bonds is 7. The molecule has 4 rings (SSSR count). The number of halogens is 1. The van der Waals surface area contributed by atoms with E-state index in [0.717, 1.165) is 12.0 Å². The molecule has 1 aromatic heterocycles. The summed E-state index contributed by atoms with van der Waals surface area (Å²) in [5.74, 6) is 0.224. The van der Waals surface area contributed by atoms with E-state index in [0.29, 0.717) is 61.6 Å². The van der Waals surface area contributed by atoms with Crippen molar-refractivity contribution in [3.05, 3.63) is 64.2 Å². The van der Waals surface area contributed by atoms with Gasteiger partial charge in [0.05, 0.1) is 10.4 Å². The highest BCUT2D eigenvalue weighted by Crippen LogP contribution is 2.35. The number of carbonyl (C=O) groups is 1. The van der Waals surface area contributed by atoms with Crippen LogP contribution in [-0.2, 0) is 11.2 Å². The number of anilines is 2. The van der Waals surface area contributed by atoms with E-state index in [1.54, 1.807) is 23.1 Å². The molecule has 31 heavy (non-hydrogen) atoms. The van der Waals surface area contributed by atoms with E-state index in [1.165, 1.54) is 24.5 Å². The summed E-state index contributed by atoms with van der Waals surface area (Å²) in [5, 5.41) is 15.5. The van der Waals surface area contributed by atoms with Crippen LogP contribution in [0.1, 0.15) is 5.56 Å². The minimum Gasteiger partial charge on any atom is -0.369 e. The first-order valence-electron chi connectivity index (χ1n) is 9.91. The lowest BCUT2D eigenvalue weighted by molar-refractivity contribution is -0.384. The molecule has 1 amide bonds. The van der Waals surface area contributed by atoms with Gasteiger partial charge in [-0.2, -0.15) is 0 Å². The van der Waals surface area contributed by atoms with Crippen LogP contribution in [0, 0.1) is 15.9 Å². The molecule has 3 aromatic rings. The van der Waals surface area contributed by atoms with E-state index < -0.39 is 4.92 Å². The molecule has 0 radical (unpaired) electrons. The second kappa shape index (κ2) is 8.90. The number of nitrogens with one attached hydrogen (secondary N) is 1. The minimum absolute atomic E-state index is 0.0246. The number of hydrogen-bond acceptors (Lipinski definition) is 7. The van der Waals surface area contributed by atoms with Crippen molar-refractivity contribution in [2.75, 3.05) is 42.9 Å². The number of amides is 1. The number of carbonyl (C=O) groups excluding carboxylic acids is 1. The van der Waals surface area contributed by atoms with Gasteiger partial charge in [-0.15, -0.1) is 0 Å². The second-order valence-electron chi connectivity index (χ2n) is 7.27. The summed E-state index contributed by atoms with van der Waals surface area (Å²) in [7, 11) is 0. The molecule has 0 bridgehead atoms. The number of benzene rings is 2. The molecule has 0 spiro atoms. The van der Waals surface area contributed by atoms with Crippen LogP contribution < -0.4 is 10.2 Å². The molecule has 2 heterocycles. The Labute approximate surface area is 177 Å². The Hall–Kier alpha value is -3.82. The Morgan fingerprint density at radius 1 is 1.13 bits per heavy atom. The van der Waals surface area contributed by atoms with Gasteiger partial charge in [0.25, 0.3) is 5.69 Å². The van der Waals surface area contributed by atoms with Crippen LogP contribution >= 0.6 is 0 Å². The first-order valence-corrected chi connectivity index (χ1v) is 9.91. The van der Waals surface area contributed by atoms with Gasteiger partial charge in [-0.3, -0.25) is 14.9 Å². The zero-order valence-electron chi connectivity index (χ0n) is 16.7. The van der Waals surface area contributed by atoms with Crippen molar-refractivity contribution >= 4 is 34.5 Å². The molecule has 1 aliphatic rings. The van der Waals surface area contributed by atoms with Crippen molar-refractivity contribution in [1.29, 1.82) is 0 Å². The summed E-state index contributed by atoms with van der Waals surface area (Å²) in [6.07, 6.45) is 2.86. The van der Waals surface area contributed by atoms with E-state index >= 15 is 0 Å². The average Bonchev–Trinajstić information content (AvgIpc) is 2.79. The maximum Gasteiger partial charge on any atom is 0.293 e. The van der Waals surface area contributed by atoms with Gasteiger partial charge in [-0.1, -0.05) is 12.1 Å². The second-order valence-corrected chi connectivity index (χ2v) is 7.27. The van der Waals surface area contributed by atoms with Crippen LogP contribution in [0.2, 0.25) is 0 Å². The lowest BCUT2D eigenvalue weighted by Gasteiger charge is -2.33. The topological polar surface area (TPSA) is 104 Å². The largest absolute Gasteiger partial charge is 0.369 e. The predicted octanol–water partition coefficient (Wildman–Crippen LogP) is 2.61. The molecule has 0 unspecified atom stereocenters. The molecule has 1 N–H and O–H groups in total. The molecule has 2 aromatic carbocycles. The summed E-state index contributed by atoms with van der Waals surface area (Å²) in [4.78, 5) is 34.4. The van der Waals surface area contributed by atoms with Gasteiger partial charge in [0.15, 0.2) is 0 Å². The third-order valence-corrected chi connectivity index (χ3v) is 5.35. The number of aromatic nitrogens is 2. The Bertz CT molecular complexity index is 1100. The van der Waals surface area contributed by atoms with Gasteiger partial charge >= 0.3 is 0 Å². The Morgan fingerprint density at radius 2 is 1.87 bits per heavy atom. The number of fused-ring (bicyclic) bond motifs is 1. The quantitative estimate of drug-likeness (QED) is 0.353. The summed E-state index contributed by atoms with van der Waals surface area (Å²) >= 11 is 0. The summed E-state index contributed by atoms with van der Waals surface area (Å²) in [6, 6.07) is 9.46. The molecular formula is C21H21FN6O3. The summed E-state index contributed by atoms with van der Waals surface area (Å²) in [5.41, 5.74) is 2.02. The highest BCUT2D eigenvalue weighted by atomic mass is 19.1. The van der Waals surface area contributed by atoms with E-state index in [4.69, 9.17) is 0 Å². The fourth-order valence-corrected chi connectivity index (χ4v) is 3.67. The Morgan fingerprint density at radius 3 is 2.55 bits per heavy atom. The van der Waals surface area contributed by atoms with Crippen molar-refractivity contribution in [3.8, 4) is 0 Å². The maximum absolute atomic E-state index is 13.0. The number of hydrogen-bond donors (Lipinski definition) is 1. The highest BCUT2D eigenvalue weighted by molar-refractivity contribution is 5.94. The predicted molar refractivity (Wildman–Crippen MR) is 115 cm³/mol. The lowest BCUT2D eigenvalue weighted by Crippen LogP contribution is -2.45. The van der Waals surface area contributed by atoms with Crippen LogP contribution in [-0.4, -0.2) is 58.9 Å². The average molecular weight is 424 g/mol. The minimum atomic E-state index is -0.407. The van der Waals surface area contributed by atoms with Crippen molar-refractivity contribution in [2.24, 2.45) is 0 Å². The third-order valence-electron chi connectivity index (χ3n) is 5.35. The molecule has 0 saturated carbocycles. The summed E-state index contributed by atoms with van der Waals surface area (Å²) in [6.45, 7) is 2.58. The molecule has 1 saturated heterocycles. The first-order chi connectivity index (χ1) is 15.0. The molecule has 10 heteroatoms. The maximum atomic E-state index is 13.0. The molecule has 160 valence electrons. The van der Waals surface area contributed by atoms with E-state index in [2.05, 4.69) is 15.3 Å². The zero-order valence-corrected chi connectivity index (χ0v) is 16.7. The van der Waals surface area contributed by atoms with E-state index in [-0.39, 0.29) is 11.5 Å². The van der Waals surface area contributed by atoms with Crippen molar-refractivity contribution in [2.45, 2.75) is 6.42 Å². The van der Waals surface area contributed by atoms with E-state index in [1.807, 2.05) is 4.90 Å². The van der Waals surface area contributed by atoms with Crippen LogP contribution in [0.25, 0.3) is 10.9 Å². The van der Waals surface area contributed by atoms with Gasteiger partial charge in [0.1, 0.15) is 23.6 Å². The number of nitrogens with zero attached hydrogens (tertiary/aromatic N) is 5. The SMILES string of the molecule is O=CN1CCN(c2cc3ncnc(NCCc4ccc(F)cc4)c3cc2[N+](=O)[O-])CC1. The van der Waals surface area contributed by atoms with Crippen molar-refractivity contribution in [3.63, 3.8) is 0 Å². The molecule has 0 atom stereocenters. The van der Waals surface area contributed by atoms with Gasteiger partial charge < -0.3 is 15.1 Å². The molecule has 1 fully saturated rings. The normalized spacial score (nSPS) is 14.0. The Balaban J connectivity index is 1.58. The molecular weight excluding hydrogens is 403 g/mol. The van der Waals surface area contributed by atoms with Crippen LogP contribution in [0.15, 0.2) is 42.7 Å². The van der Waals surface area contributed by atoms with Crippen LogP contribution in [0.3, 0.4) is 0 Å². The van der Waals surface area contributed by atoms with Crippen LogP contribution in [0.5, 0.6) is 0 Å². The Kier molecular flexibility index (Phi) is 5.87. The van der Waals surface area contributed by atoms with E-state index in [9.17, 15) is 19.3 Å². The lowest BCUT2D eigenvalue weighted by atomic mass is 10.1. The smallest absolute Gasteiger partial charge is 0.293 e. The fraction of sp³-hybridized carbons (Fsp3) is 0.286. The molecule has 0 aliphatic carbocycles. The van der Waals surface area contributed by atoms with Crippen molar-refractivity contribution < 1.29 is 14.1 Å². The van der Waals surface area contributed by atoms with Gasteiger partial charge in [-0.05, 0) is 30.2 Å². The number of nitro benzene ring substituents is 1. The standard InChI is InChI=1S/C21H21FN6O3/c22-16-3-1-15(2-4-16)5-6-23-21-17-11-20(28(30)31)19(12-18(17)24-13-25-21)27-9-7-26(14-29)8-10-27/h1-4,11-14H,5-10H2,(H,23,24,25). The van der Waals surface area contributed by atoms with Gasteiger partial charge in [-0.25, -0.2) is 14.4 Å². The summed E-state index contributed by atoms with van der Waals surface area (Å²) < 4.78 is 13.0. The number of piperazine rings is 1. The zero-order chi connectivity index (χ0) is 21.8. The monoisotopic (exact) mass is 424 g/mol. The van der Waals surface area contributed by atoms with Crippen molar-refractivity contribution in [1.82, 2.24) is 14.9 Å². The highest BCUT2D eigenvalue weighted by Gasteiger charge is 2.25. The molecule has 9 nitrogen and oxygen atoms in total. The number of nitro groups is 1. The first kappa shape index (κ1) is 20.5. The van der Waals surface area contributed by atoms with Crippen LogP contribution in [0.4, 0.5) is 21.6 Å². The van der Waals surface area contributed by atoms with Gasteiger partial charge in [0.2, 0.25) is 6.41 Å². The van der Waals surface area contributed by atoms with Gasteiger partial charge in [0, 0.05) is 44.2 Å². The fourth-order valence-electron chi connectivity index (χ4n) is 3.67. The third kappa shape index (κ3) is 4.52. The molecule has 1 aliphatic heterocycles.